The molecule has 0 bridgehead atoms. The Labute approximate surface area is 112 Å². The van der Waals surface area contributed by atoms with E-state index in [-0.39, 0.29) is 5.91 Å². The van der Waals surface area contributed by atoms with E-state index in [4.69, 9.17) is 0 Å². The Kier molecular flexibility index (Phi) is 3.91. The van der Waals surface area contributed by atoms with Gasteiger partial charge in [0.2, 0.25) is 0 Å². The van der Waals surface area contributed by atoms with Gasteiger partial charge in [0.05, 0.1) is 23.3 Å². The van der Waals surface area contributed by atoms with Crippen LogP contribution in [0.25, 0.3) is 0 Å². The van der Waals surface area contributed by atoms with Crippen LogP contribution in [-0.4, -0.2) is 10.9 Å². The Bertz CT molecular complexity index is 539. The molecule has 1 N–H and O–H groups in total. The molecule has 1 aromatic carbocycles. The third-order valence-electron chi connectivity index (χ3n) is 2.37. The number of aryl methyl sites for hydroxylation is 1. The van der Waals surface area contributed by atoms with Crippen LogP contribution in [-0.2, 0) is 6.54 Å². The summed E-state index contributed by atoms with van der Waals surface area (Å²) in [4.78, 5) is 17.1. The highest BCUT2D eigenvalue weighted by Crippen LogP contribution is 2.16. The number of carbonyl (C=O) groups is 1. The van der Waals surface area contributed by atoms with Crippen molar-refractivity contribution >= 4 is 33.2 Å². The van der Waals surface area contributed by atoms with E-state index in [1.807, 2.05) is 25.1 Å². The first kappa shape index (κ1) is 12.3. The van der Waals surface area contributed by atoms with Crippen LogP contribution in [0.2, 0.25) is 0 Å². The summed E-state index contributed by atoms with van der Waals surface area (Å²) >= 11 is 4.91. The molecular formula is C12H11BrN2OS. The number of thiazole rings is 1. The summed E-state index contributed by atoms with van der Waals surface area (Å²) in [5.41, 5.74) is 3.41. The van der Waals surface area contributed by atoms with Crippen LogP contribution in [0.5, 0.6) is 0 Å². The molecule has 1 heterocycles. The van der Waals surface area contributed by atoms with E-state index >= 15 is 0 Å². The molecule has 2 aromatic rings. The molecule has 0 aliphatic rings. The highest BCUT2D eigenvalue weighted by molar-refractivity contribution is 9.10. The largest absolute Gasteiger partial charge is 0.347 e. The van der Waals surface area contributed by atoms with Crippen molar-refractivity contribution in [2.24, 2.45) is 0 Å². The third kappa shape index (κ3) is 2.92. The van der Waals surface area contributed by atoms with Crippen LogP contribution in [0.4, 0.5) is 0 Å². The minimum atomic E-state index is -0.0784. The van der Waals surface area contributed by atoms with Gasteiger partial charge < -0.3 is 5.32 Å². The number of rotatable bonds is 3. The van der Waals surface area contributed by atoms with E-state index in [2.05, 4.69) is 26.2 Å². The zero-order chi connectivity index (χ0) is 12.3. The molecule has 88 valence electrons. The second-order valence-electron chi connectivity index (χ2n) is 3.52. The number of amides is 1. The third-order valence-corrected chi connectivity index (χ3v) is 4.00. The van der Waals surface area contributed by atoms with Crippen LogP contribution in [0.1, 0.15) is 20.9 Å². The smallest absolute Gasteiger partial charge is 0.252 e. The van der Waals surface area contributed by atoms with Gasteiger partial charge in [-0.15, -0.1) is 11.3 Å². The van der Waals surface area contributed by atoms with E-state index in [0.717, 1.165) is 15.0 Å². The molecule has 1 amide bonds. The standard InChI is InChI=1S/C12H11BrN2OS/c1-8-11(17-7-15-8)6-14-12(16)9-4-2-3-5-10(9)13/h2-5,7H,6H2,1H3,(H,14,16). The molecule has 0 spiro atoms. The van der Waals surface area contributed by atoms with Gasteiger partial charge in [-0.1, -0.05) is 12.1 Å². The first-order valence-electron chi connectivity index (χ1n) is 5.10. The highest BCUT2D eigenvalue weighted by Gasteiger charge is 2.09. The van der Waals surface area contributed by atoms with Crippen LogP contribution in [0.15, 0.2) is 34.2 Å². The van der Waals surface area contributed by atoms with Crippen molar-refractivity contribution in [1.82, 2.24) is 10.3 Å². The van der Waals surface area contributed by atoms with E-state index in [1.54, 1.807) is 22.9 Å². The van der Waals surface area contributed by atoms with Crippen molar-refractivity contribution < 1.29 is 4.79 Å². The lowest BCUT2D eigenvalue weighted by atomic mass is 10.2. The van der Waals surface area contributed by atoms with Crippen molar-refractivity contribution in [3.63, 3.8) is 0 Å². The van der Waals surface area contributed by atoms with Crippen LogP contribution in [0.3, 0.4) is 0 Å². The van der Waals surface area contributed by atoms with E-state index in [0.29, 0.717) is 12.1 Å². The molecular weight excluding hydrogens is 300 g/mol. The van der Waals surface area contributed by atoms with Gasteiger partial charge in [-0.2, -0.15) is 0 Å². The number of benzene rings is 1. The van der Waals surface area contributed by atoms with Gasteiger partial charge >= 0.3 is 0 Å². The lowest BCUT2D eigenvalue weighted by molar-refractivity contribution is 0.0950. The molecule has 0 fully saturated rings. The number of carbonyl (C=O) groups excluding carboxylic acids is 1. The summed E-state index contributed by atoms with van der Waals surface area (Å²) in [5, 5.41) is 2.88. The number of hydrogen-bond acceptors (Lipinski definition) is 3. The topological polar surface area (TPSA) is 42.0 Å². The molecule has 1 aromatic heterocycles. The second kappa shape index (κ2) is 5.42. The van der Waals surface area contributed by atoms with Gasteiger partial charge in [0, 0.05) is 9.35 Å². The molecule has 0 aliphatic carbocycles. The number of halogens is 1. The Hall–Kier alpha value is -1.20. The van der Waals surface area contributed by atoms with Crippen molar-refractivity contribution in [2.45, 2.75) is 13.5 Å². The highest BCUT2D eigenvalue weighted by atomic mass is 79.9. The molecule has 0 radical (unpaired) electrons. The van der Waals surface area contributed by atoms with E-state index in [1.165, 1.54) is 0 Å². The van der Waals surface area contributed by atoms with Crippen molar-refractivity contribution in [3.8, 4) is 0 Å². The van der Waals surface area contributed by atoms with Gasteiger partial charge in [-0.25, -0.2) is 4.98 Å². The van der Waals surface area contributed by atoms with Gasteiger partial charge in [0.25, 0.3) is 5.91 Å². The summed E-state index contributed by atoms with van der Waals surface area (Å²) in [6.45, 7) is 2.47. The summed E-state index contributed by atoms with van der Waals surface area (Å²) in [7, 11) is 0. The quantitative estimate of drug-likeness (QED) is 0.946. The van der Waals surface area contributed by atoms with Crippen molar-refractivity contribution in [1.29, 1.82) is 0 Å². The SMILES string of the molecule is Cc1ncsc1CNC(=O)c1ccccc1Br. The minimum Gasteiger partial charge on any atom is -0.347 e. The molecule has 0 saturated carbocycles. The normalized spacial score (nSPS) is 10.2. The molecule has 0 saturated heterocycles. The maximum Gasteiger partial charge on any atom is 0.252 e. The Morgan fingerprint density at radius 3 is 2.88 bits per heavy atom. The average Bonchev–Trinajstić information content (AvgIpc) is 2.72. The van der Waals surface area contributed by atoms with Crippen LogP contribution >= 0.6 is 27.3 Å². The number of hydrogen-bond donors (Lipinski definition) is 1. The van der Waals surface area contributed by atoms with Gasteiger partial charge in [-0.3, -0.25) is 4.79 Å². The maximum atomic E-state index is 11.9. The minimum absolute atomic E-state index is 0.0784. The molecule has 5 heteroatoms. The monoisotopic (exact) mass is 310 g/mol. The lowest BCUT2D eigenvalue weighted by Gasteiger charge is -2.05. The Balaban J connectivity index is 2.04. The fourth-order valence-corrected chi connectivity index (χ4v) is 2.58. The second-order valence-corrected chi connectivity index (χ2v) is 5.32. The molecule has 0 unspecified atom stereocenters. The average molecular weight is 311 g/mol. The van der Waals surface area contributed by atoms with Crippen molar-refractivity contribution in [2.75, 3.05) is 0 Å². The first-order chi connectivity index (χ1) is 8.18. The molecule has 0 atom stereocenters. The lowest BCUT2D eigenvalue weighted by Crippen LogP contribution is -2.23. The van der Waals surface area contributed by atoms with Gasteiger partial charge in [0.15, 0.2) is 0 Å². The van der Waals surface area contributed by atoms with Gasteiger partial charge in [-0.05, 0) is 35.0 Å². The predicted octanol–water partition coefficient (Wildman–Crippen LogP) is 3.14. The van der Waals surface area contributed by atoms with Crippen LogP contribution < -0.4 is 5.32 Å². The summed E-state index contributed by atoms with van der Waals surface area (Å²) in [6.07, 6.45) is 0. The molecule has 17 heavy (non-hydrogen) atoms. The fraction of sp³-hybridized carbons (Fsp3) is 0.167. The fourth-order valence-electron chi connectivity index (χ4n) is 1.40. The summed E-state index contributed by atoms with van der Waals surface area (Å²) < 4.78 is 0.804. The van der Waals surface area contributed by atoms with Crippen LogP contribution in [0, 0.1) is 6.92 Å². The van der Waals surface area contributed by atoms with Gasteiger partial charge in [0.1, 0.15) is 0 Å². The summed E-state index contributed by atoms with van der Waals surface area (Å²) in [5.74, 6) is -0.0784. The van der Waals surface area contributed by atoms with E-state index < -0.39 is 0 Å². The number of aromatic nitrogens is 1. The predicted molar refractivity (Wildman–Crippen MR) is 72.2 cm³/mol. The van der Waals surface area contributed by atoms with E-state index in [9.17, 15) is 4.79 Å². The Morgan fingerprint density at radius 1 is 1.47 bits per heavy atom. The molecule has 0 aliphatic heterocycles. The number of nitrogens with one attached hydrogen (secondary N) is 1. The molecule has 2 rings (SSSR count). The zero-order valence-electron chi connectivity index (χ0n) is 9.24. The molecule has 3 nitrogen and oxygen atoms in total. The van der Waals surface area contributed by atoms with Crippen molar-refractivity contribution in [3.05, 3.63) is 50.4 Å². The Morgan fingerprint density at radius 2 is 2.24 bits per heavy atom. The first-order valence-corrected chi connectivity index (χ1v) is 6.77. The summed E-state index contributed by atoms with van der Waals surface area (Å²) in [6, 6.07) is 7.37. The number of nitrogens with zero attached hydrogens (tertiary/aromatic N) is 1. The maximum absolute atomic E-state index is 11.9. The zero-order valence-corrected chi connectivity index (χ0v) is 11.6.